The molecule has 4 unspecified atom stereocenters. The predicted octanol–water partition coefficient (Wildman–Crippen LogP) is 9.31. The summed E-state index contributed by atoms with van der Waals surface area (Å²) in [7, 11) is 0. The van der Waals surface area contributed by atoms with Crippen LogP contribution in [0.1, 0.15) is 123 Å². The molecule has 0 saturated heterocycles. The number of rotatable bonds is 4. The van der Waals surface area contributed by atoms with Gasteiger partial charge in [0.15, 0.2) is 0 Å². The van der Waals surface area contributed by atoms with Crippen LogP contribution in [-0.4, -0.2) is 23.1 Å². The van der Waals surface area contributed by atoms with Gasteiger partial charge in [-0.15, -0.1) is 0 Å². The van der Waals surface area contributed by atoms with Crippen molar-refractivity contribution >= 4 is 11.9 Å². The average molecular weight is 599 g/mol. The molecule has 0 aromatic heterocycles. The number of carbonyl (C=O) groups is 2. The van der Waals surface area contributed by atoms with Crippen molar-refractivity contribution in [3.8, 4) is 0 Å². The predicted molar refractivity (Wildman–Crippen MR) is 162 cm³/mol. The minimum Gasteiger partial charge on any atom is -0.481 e. The van der Waals surface area contributed by atoms with E-state index in [2.05, 4.69) is 48.5 Å². The van der Waals surface area contributed by atoms with Crippen LogP contribution in [0.3, 0.4) is 0 Å². The van der Waals surface area contributed by atoms with Gasteiger partial charge in [-0.2, -0.15) is 0 Å². The summed E-state index contributed by atoms with van der Waals surface area (Å²) in [5.41, 5.74) is -0.780. The summed E-state index contributed by atoms with van der Waals surface area (Å²) < 4.78 is 33.9. The van der Waals surface area contributed by atoms with E-state index in [1.54, 1.807) is 0 Å². The molecule has 5 aliphatic carbocycles. The molecule has 4 nitrogen and oxygen atoms in total. The third kappa shape index (κ3) is 4.15. The number of esters is 1. The summed E-state index contributed by atoms with van der Waals surface area (Å²) in [5.74, 6) is -0.346. The van der Waals surface area contributed by atoms with E-state index < -0.39 is 29.0 Å². The highest BCUT2D eigenvalue weighted by Crippen LogP contribution is 2.77. The smallest absolute Gasteiger partial charge is 0.341 e. The van der Waals surface area contributed by atoms with E-state index in [0.29, 0.717) is 29.6 Å². The molecule has 10 atom stereocenters. The quantitative estimate of drug-likeness (QED) is 0.351. The van der Waals surface area contributed by atoms with Gasteiger partial charge in [-0.3, -0.25) is 4.79 Å². The molecule has 0 spiro atoms. The zero-order valence-electron chi connectivity index (χ0n) is 27.3. The van der Waals surface area contributed by atoms with Gasteiger partial charge >= 0.3 is 11.9 Å². The Morgan fingerprint density at radius 1 is 0.860 bits per heavy atom. The Morgan fingerprint density at radius 2 is 1.58 bits per heavy atom. The monoisotopic (exact) mass is 598 g/mol. The number of hydrogen-bond donors (Lipinski definition) is 1. The lowest BCUT2D eigenvalue weighted by atomic mass is 9.32. The molecule has 43 heavy (non-hydrogen) atoms. The van der Waals surface area contributed by atoms with E-state index in [4.69, 9.17) is 4.74 Å². The number of benzene rings is 1. The minimum absolute atomic E-state index is 0.0724. The summed E-state index contributed by atoms with van der Waals surface area (Å²) in [6.07, 6.45) is 9.37. The molecule has 1 N–H and O–H groups in total. The van der Waals surface area contributed by atoms with E-state index in [1.165, 1.54) is 6.07 Å². The number of aliphatic carboxylic acids is 1. The molecule has 0 amide bonds. The second-order valence-electron chi connectivity index (χ2n) is 17.0. The lowest BCUT2D eigenvalue weighted by molar-refractivity contribution is -0.249. The Balaban J connectivity index is 1.28. The van der Waals surface area contributed by atoms with Gasteiger partial charge in [-0.05, 0) is 128 Å². The Morgan fingerprint density at radius 3 is 2.23 bits per heavy atom. The molecule has 5 saturated carbocycles. The topological polar surface area (TPSA) is 63.6 Å². The second kappa shape index (κ2) is 10.0. The van der Waals surface area contributed by atoms with Crippen molar-refractivity contribution in [3.63, 3.8) is 0 Å². The average Bonchev–Trinajstić information content (AvgIpc) is 3.32. The molecule has 1 aromatic rings. The number of halogens is 2. The highest BCUT2D eigenvalue weighted by Gasteiger charge is 2.72. The molecular formula is C37H52F2O4. The number of carboxylic acid groups (broad SMARTS) is 1. The summed E-state index contributed by atoms with van der Waals surface area (Å²) in [6.45, 7) is 16.6. The van der Waals surface area contributed by atoms with Gasteiger partial charge in [-0.25, -0.2) is 13.6 Å². The number of fused-ring (bicyclic) bond motifs is 7. The van der Waals surface area contributed by atoms with Crippen molar-refractivity contribution < 1.29 is 28.2 Å². The number of ether oxygens (including phenoxy) is 1. The fraction of sp³-hybridized carbons (Fsp3) is 0.784. The zero-order chi connectivity index (χ0) is 31.3. The number of hydrogen-bond acceptors (Lipinski definition) is 3. The number of carbonyl (C=O) groups excluding carboxylic acids is 1. The first-order valence-electron chi connectivity index (χ1n) is 16.9. The van der Waals surface area contributed by atoms with Crippen LogP contribution in [0.5, 0.6) is 0 Å². The summed E-state index contributed by atoms with van der Waals surface area (Å²) in [4.78, 5) is 26.0. The number of carboxylic acids is 1. The maximum Gasteiger partial charge on any atom is 0.341 e. The van der Waals surface area contributed by atoms with Crippen molar-refractivity contribution in [2.75, 3.05) is 0 Å². The molecule has 5 aliphatic rings. The van der Waals surface area contributed by atoms with Crippen LogP contribution < -0.4 is 0 Å². The van der Waals surface area contributed by atoms with Crippen LogP contribution in [0.4, 0.5) is 8.78 Å². The molecule has 0 bridgehead atoms. The van der Waals surface area contributed by atoms with E-state index >= 15 is 0 Å². The van der Waals surface area contributed by atoms with Gasteiger partial charge < -0.3 is 9.84 Å². The molecule has 0 heterocycles. The molecule has 6 rings (SSSR count). The standard InChI is InChI=1S/C37H52F2O4/c1-21(2)23-12-17-37(32(41)42)19-18-35(6)25(30(23)37)10-11-28-34(5)15-14-29(33(3,4)27(34)13-16-36(28,35)7)43-31(40)24-9-8-22(38)20-26(24)39/h8-9,20-21,23,25,27-30H,10-19H2,1-7H3,(H,41,42)/t23-,25+,27-,28?,29?,30?,34-,35+,36+,37?/m0/s1. The van der Waals surface area contributed by atoms with Crippen LogP contribution in [-0.2, 0) is 9.53 Å². The Bertz CT molecular complexity index is 1310. The lowest BCUT2D eigenvalue weighted by Gasteiger charge is -2.72. The fourth-order valence-corrected chi connectivity index (χ4v) is 12.8. The maximum atomic E-state index is 14.4. The van der Waals surface area contributed by atoms with Crippen molar-refractivity contribution in [1.82, 2.24) is 0 Å². The molecule has 0 radical (unpaired) electrons. The van der Waals surface area contributed by atoms with Gasteiger partial charge in [0.1, 0.15) is 17.7 Å². The van der Waals surface area contributed by atoms with Gasteiger partial charge in [0.25, 0.3) is 0 Å². The first kappa shape index (κ1) is 31.0. The second-order valence-corrected chi connectivity index (χ2v) is 17.0. The van der Waals surface area contributed by atoms with Crippen LogP contribution >= 0.6 is 0 Å². The highest BCUT2D eigenvalue weighted by atomic mass is 19.1. The summed E-state index contributed by atoms with van der Waals surface area (Å²) in [5, 5.41) is 10.6. The van der Waals surface area contributed by atoms with E-state index in [-0.39, 0.29) is 39.2 Å². The molecule has 6 heteroatoms. The van der Waals surface area contributed by atoms with E-state index in [0.717, 1.165) is 76.3 Å². The Labute approximate surface area is 256 Å². The van der Waals surface area contributed by atoms with Crippen molar-refractivity contribution in [1.29, 1.82) is 0 Å². The Kier molecular flexibility index (Phi) is 7.22. The summed E-state index contributed by atoms with van der Waals surface area (Å²) in [6, 6.07) is 3.01. The largest absolute Gasteiger partial charge is 0.481 e. The van der Waals surface area contributed by atoms with Crippen LogP contribution in [0.15, 0.2) is 18.2 Å². The minimum atomic E-state index is -0.886. The lowest BCUT2D eigenvalue weighted by Crippen LogP contribution is -2.67. The first-order valence-corrected chi connectivity index (χ1v) is 16.9. The maximum absolute atomic E-state index is 14.4. The van der Waals surface area contributed by atoms with Gasteiger partial charge in [0.2, 0.25) is 0 Å². The van der Waals surface area contributed by atoms with E-state index in [9.17, 15) is 23.5 Å². The van der Waals surface area contributed by atoms with Gasteiger partial charge in [0, 0.05) is 11.5 Å². The van der Waals surface area contributed by atoms with Gasteiger partial charge in [-0.1, -0.05) is 48.5 Å². The molecule has 0 aliphatic heterocycles. The molecular weight excluding hydrogens is 546 g/mol. The van der Waals surface area contributed by atoms with E-state index in [1.807, 2.05) is 0 Å². The molecule has 5 fully saturated rings. The third-order valence-corrected chi connectivity index (χ3v) is 15.1. The van der Waals surface area contributed by atoms with Crippen LogP contribution in [0.2, 0.25) is 0 Å². The van der Waals surface area contributed by atoms with Gasteiger partial charge in [0.05, 0.1) is 11.0 Å². The Hall–Kier alpha value is -1.98. The van der Waals surface area contributed by atoms with Crippen molar-refractivity contribution in [2.45, 2.75) is 119 Å². The molecule has 1 aromatic carbocycles. The third-order valence-electron chi connectivity index (χ3n) is 15.1. The van der Waals surface area contributed by atoms with Crippen molar-refractivity contribution in [2.24, 2.45) is 62.6 Å². The van der Waals surface area contributed by atoms with Crippen molar-refractivity contribution in [3.05, 3.63) is 35.4 Å². The SMILES string of the molecule is CC(C)[C@@H]1CCC2(C(=O)O)CC[C@]3(C)[C@H](CCC4[C@@]5(C)CCC(OC(=O)c6ccc(F)cc6F)C(C)(C)[C@@H]5CC[C@]43C)C12. The first-order chi connectivity index (χ1) is 20.0. The van der Waals surface area contributed by atoms with Crippen LogP contribution in [0, 0.1) is 74.2 Å². The molecule has 238 valence electrons. The van der Waals surface area contributed by atoms with Crippen LogP contribution in [0.25, 0.3) is 0 Å². The normalized spacial score (nSPS) is 45.0. The fourth-order valence-electron chi connectivity index (χ4n) is 12.8. The summed E-state index contributed by atoms with van der Waals surface area (Å²) >= 11 is 0. The zero-order valence-corrected chi connectivity index (χ0v) is 27.3. The highest BCUT2D eigenvalue weighted by molar-refractivity contribution is 5.89.